The number of amides is 1. The van der Waals surface area contributed by atoms with Crippen LogP contribution in [0.15, 0.2) is 42.5 Å². The number of anilines is 1. The van der Waals surface area contributed by atoms with E-state index in [4.69, 9.17) is 14.2 Å². The number of rotatable bonds is 9. The monoisotopic (exact) mass is 358 g/mol. The summed E-state index contributed by atoms with van der Waals surface area (Å²) in [6, 6.07) is 12.9. The van der Waals surface area contributed by atoms with Crippen molar-refractivity contribution in [2.45, 2.75) is 20.8 Å². The van der Waals surface area contributed by atoms with E-state index in [0.717, 1.165) is 5.69 Å². The molecule has 0 fully saturated rings. The molecule has 2 rings (SSSR count). The van der Waals surface area contributed by atoms with Gasteiger partial charge in [0.2, 0.25) is 5.75 Å². The Morgan fingerprint density at radius 1 is 0.923 bits per heavy atom. The van der Waals surface area contributed by atoms with Gasteiger partial charge in [0, 0.05) is 12.6 Å². The van der Waals surface area contributed by atoms with E-state index in [1.165, 1.54) is 0 Å². The van der Waals surface area contributed by atoms with Gasteiger partial charge < -0.3 is 14.2 Å². The first-order chi connectivity index (χ1) is 12.6. The van der Waals surface area contributed by atoms with E-state index >= 15 is 0 Å². The van der Waals surface area contributed by atoms with Crippen molar-refractivity contribution in [2.24, 2.45) is 0 Å². The van der Waals surface area contributed by atoms with Crippen molar-refractivity contribution in [2.75, 3.05) is 31.9 Å². The van der Waals surface area contributed by atoms with Gasteiger partial charge in [0.05, 0.1) is 25.5 Å². The molecule has 0 aromatic heterocycles. The SMILES string of the molecule is CCOc1cc(C(=O)NN(C)c2ccccc2)cc(OCC)c1OCC. The molecular weight excluding hydrogens is 332 g/mol. The number of nitrogens with zero attached hydrogens (tertiary/aromatic N) is 1. The van der Waals surface area contributed by atoms with E-state index in [1.54, 1.807) is 24.2 Å². The predicted molar refractivity (Wildman–Crippen MR) is 102 cm³/mol. The summed E-state index contributed by atoms with van der Waals surface area (Å²) in [5.41, 5.74) is 4.16. The number of benzene rings is 2. The molecule has 26 heavy (non-hydrogen) atoms. The van der Waals surface area contributed by atoms with Gasteiger partial charge in [-0.25, -0.2) is 0 Å². The molecule has 0 atom stereocenters. The molecule has 140 valence electrons. The molecule has 0 saturated heterocycles. The summed E-state index contributed by atoms with van der Waals surface area (Å²) in [4.78, 5) is 12.7. The molecule has 2 aromatic carbocycles. The highest BCUT2D eigenvalue weighted by atomic mass is 16.5. The highest BCUT2D eigenvalue weighted by Gasteiger charge is 2.19. The normalized spacial score (nSPS) is 10.2. The average Bonchev–Trinajstić information content (AvgIpc) is 2.65. The van der Waals surface area contributed by atoms with Crippen molar-refractivity contribution in [3.05, 3.63) is 48.0 Å². The van der Waals surface area contributed by atoms with E-state index in [2.05, 4.69) is 5.43 Å². The predicted octanol–water partition coefficient (Wildman–Crippen LogP) is 3.66. The Labute approximate surface area is 154 Å². The van der Waals surface area contributed by atoms with Gasteiger partial charge in [-0.2, -0.15) is 0 Å². The summed E-state index contributed by atoms with van der Waals surface area (Å²) in [7, 11) is 1.79. The van der Waals surface area contributed by atoms with Crippen LogP contribution in [0.4, 0.5) is 5.69 Å². The molecule has 6 nitrogen and oxygen atoms in total. The van der Waals surface area contributed by atoms with Crippen molar-refractivity contribution in [3.8, 4) is 17.2 Å². The third kappa shape index (κ3) is 4.81. The molecule has 0 unspecified atom stereocenters. The van der Waals surface area contributed by atoms with Crippen LogP contribution in [0.3, 0.4) is 0 Å². The summed E-state index contributed by atoms with van der Waals surface area (Å²) in [5.74, 6) is 1.24. The van der Waals surface area contributed by atoms with E-state index < -0.39 is 0 Å². The number of carbonyl (C=O) groups excluding carboxylic acids is 1. The molecule has 6 heteroatoms. The first kappa shape index (κ1) is 19.4. The van der Waals surface area contributed by atoms with Crippen molar-refractivity contribution >= 4 is 11.6 Å². The van der Waals surface area contributed by atoms with Crippen LogP contribution in [0, 0.1) is 0 Å². The number of hydrogen-bond donors (Lipinski definition) is 1. The summed E-state index contributed by atoms with van der Waals surface area (Å²) in [5, 5.41) is 1.67. The van der Waals surface area contributed by atoms with Crippen LogP contribution in [0.1, 0.15) is 31.1 Å². The van der Waals surface area contributed by atoms with E-state index in [9.17, 15) is 4.79 Å². The maximum atomic E-state index is 12.7. The van der Waals surface area contributed by atoms with E-state index in [1.807, 2.05) is 51.1 Å². The Balaban J connectivity index is 2.30. The van der Waals surface area contributed by atoms with Gasteiger partial charge in [-0.3, -0.25) is 15.2 Å². The molecule has 0 heterocycles. The van der Waals surface area contributed by atoms with Crippen molar-refractivity contribution in [1.29, 1.82) is 0 Å². The molecule has 0 aliphatic heterocycles. The zero-order valence-electron chi connectivity index (χ0n) is 15.7. The molecule has 0 saturated carbocycles. The fourth-order valence-corrected chi connectivity index (χ4v) is 2.45. The van der Waals surface area contributed by atoms with Crippen molar-refractivity contribution in [3.63, 3.8) is 0 Å². The zero-order valence-corrected chi connectivity index (χ0v) is 15.7. The second-order valence-corrected chi connectivity index (χ2v) is 5.44. The summed E-state index contributed by atoms with van der Waals surface area (Å²) < 4.78 is 17.0. The van der Waals surface area contributed by atoms with E-state index in [0.29, 0.717) is 42.6 Å². The number of carbonyl (C=O) groups is 1. The molecule has 0 aliphatic rings. The molecule has 0 aliphatic carbocycles. The van der Waals surface area contributed by atoms with Gasteiger partial charge in [-0.05, 0) is 45.0 Å². The summed E-state index contributed by atoms with van der Waals surface area (Å²) >= 11 is 0. The third-order valence-corrected chi connectivity index (χ3v) is 3.58. The lowest BCUT2D eigenvalue weighted by atomic mass is 10.1. The molecular formula is C20H26N2O4. The largest absolute Gasteiger partial charge is 0.490 e. The van der Waals surface area contributed by atoms with Gasteiger partial charge in [0.1, 0.15) is 0 Å². The van der Waals surface area contributed by atoms with Crippen LogP contribution in [-0.4, -0.2) is 32.8 Å². The fourth-order valence-electron chi connectivity index (χ4n) is 2.45. The molecule has 0 spiro atoms. The minimum Gasteiger partial charge on any atom is -0.490 e. The Hall–Kier alpha value is -2.89. The minimum absolute atomic E-state index is 0.263. The number of hydrogen-bond acceptors (Lipinski definition) is 5. The highest BCUT2D eigenvalue weighted by molar-refractivity contribution is 5.96. The van der Waals surface area contributed by atoms with Gasteiger partial charge in [0.15, 0.2) is 11.5 Å². The van der Waals surface area contributed by atoms with Gasteiger partial charge in [0.25, 0.3) is 5.91 Å². The Bertz CT molecular complexity index is 692. The topological polar surface area (TPSA) is 60.0 Å². The van der Waals surface area contributed by atoms with Gasteiger partial charge in [-0.1, -0.05) is 18.2 Å². The maximum absolute atomic E-state index is 12.7. The Morgan fingerprint density at radius 2 is 1.46 bits per heavy atom. The Kier molecular flexibility index (Phi) is 7.14. The van der Waals surface area contributed by atoms with Crippen LogP contribution < -0.4 is 24.6 Å². The number of hydrazine groups is 1. The van der Waals surface area contributed by atoms with Crippen LogP contribution in [0.2, 0.25) is 0 Å². The lowest BCUT2D eigenvalue weighted by Gasteiger charge is -2.21. The lowest BCUT2D eigenvalue weighted by molar-refractivity contribution is 0.0950. The summed E-state index contributed by atoms with van der Waals surface area (Å²) in [6.45, 7) is 7.04. The number of ether oxygens (including phenoxy) is 3. The second-order valence-electron chi connectivity index (χ2n) is 5.44. The molecule has 2 aromatic rings. The van der Waals surface area contributed by atoms with E-state index in [-0.39, 0.29) is 5.91 Å². The van der Waals surface area contributed by atoms with Crippen LogP contribution in [-0.2, 0) is 0 Å². The Morgan fingerprint density at radius 3 is 1.96 bits per heavy atom. The van der Waals surface area contributed by atoms with Crippen LogP contribution >= 0.6 is 0 Å². The molecule has 0 radical (unpaired) electrons. The minimum atomic E-state index is -0.263. The quantitative estimate of drug-likeness (QED) is 0.693. The average molecular weight is 358 g/mol. The maximum Gasteiger partial charge on any atom is 0.270 e. The zero-order chi connectivity index (χ0) is 18.9. The van der Waals surface area contributed by atoms with Gasteiger partial charge >= 0.3 is 0 Å². The standard InChI is InChI=1S/C20H26N2O4/c1-5-24-17-13-15(14-18(25-6-2)19(17)26-7-3)20(23)21-22(4)16-11-9-8-10-12-16/h8-14H,5-7H2,1-4H3,(H,21,23). The highest BCUT2D eigenvalue weighted by Crippen LogP contribution is 2.39. The second kappa shape index (κ2) is 9.56. The number of nitrogens with one attached hydrogen (secondary N) is 1. The van der Waals surface area contributed by atoms with Crippen molar-refractivity contribution < 1.29 is 19.0 Å². The molecule has 1 amide bonds. The molecule has 0 bridgehead atoms. The van der Waals surface area contributed by atoms with Gasteiger partial charge in [-0.15, -0.1) is 0 Å². The fraction of sp³-hybridized carbons (Fsp3) is 0.350. The number of para-hydroxylation sites is 1. The van der Waals surface area contributed by atoms with Crippen LogP contribution in [0.25, 0.3) is 0 Å². The smallest absolute Gasteiger partial charge is 0.270 e. The molecule has 1 N–H and O–H groups in total. The first-order valence-corrected chi connectivity index (χ1v) is 8.76. The summed E-state index contributed by atoms with van der Waals surface area (Å²) in [6.07, 6.45) is 0. The van der Waals surface area contributed by atoms with Crippen molar-refractivity contribution in [1.82, 2.24) is 5.43 Å². The lowest BCUT2D eigenvalue weighted by Crippen LogP contribution is -2.39. The first-order valence-electron chi connectivity index (χ1n) is 8.76. The van der Waals surface area contributed by atoms with Crippen LogP contribution in [0.5, 0.6) is 17.2 Å². The third-order valence-electron chi connectivity index (χ3n) is 3.58.